The first-order valence-corrected chi connectivity index (χ1v) is 5.73. The number of anilines is 1. The Morgan fingerprint density at radius 3 is 2.44 bits per heavy atom. The molecule has 3 nitrogen and oxygen atoms in total. The molecule has 0 saturated carbocycles. The van der Waals surface area contributed by atoms with E-state index in [1.165, 1.54) is 31.2 Å². The Hall–Kier alpha value is -1.50. The average molecular weight is 277 g/mol. The number of carbonyl (C=O) groups is 2. The Morgan fingerprint density at radius 2 is 1.89 bits per heavy atom. The average Bonchev–Trinajstić information content (AvgIpc) is 2.17. The van der Waals surface area contributed by atoms with E-state index in [1.807, 2.05) is 0 Å². The number of nitrogens with one attached hydrogen (secondary N) is 1. The second-order valence-corrected chi connectivity index (χ2v) is 4.58. The maximum absolute atomic E-state index is 12.3. The van der Waals surface area contributed by atoms with Crippen LogP contribution >= 0.6 is 11.8 Å². The van der Waals surface area contributed by atoms with Gasteiger partial charge in [-0.05, 0) is 30.8 Å². The van der Waals surface area contributed by atoms with Crippen LogP contribution in [0.15, 0.2) is 29.2 Å². The molecule has 0 fully saturated rings. The molecule has 0 atom stereocenters. The van der Waals surface area contributed by atoms with Crippen molar-refractivity contribution in [3.8, 4) is 0 Å². The lowest BCUT2D eigenvalue weighted by atomic mass is 10.2. The number of hydrogen-bond donors (Lipinski definition) is 1. The van der Waals surface area contributed by atoms with Gasteiger partial charge in [0, 0.05) is 4.90 Å². The lowest BCUT2D eigenvalue weighted by molar-refractivity contribution is -0.124. The highest BCUT2D eigenvalue weighted by Crippen LogP contribution is 2.40. The van der Waals surface area contributed by atoms with Gasteiger partial charge in [-0.1, -0.05) is 12.1 Å². The van der Waals surface area contributed by atoms with Gasteiger partial charge < -0.3 is 5.32 Å². The lowest BCUT2D eigenvalue weighted by Gasteiger charge is -2.11. The fourth-order valence-electron chi connectivity index (χ4n) is 1.20. The lowest BCUT2D eigenvalue weighted by Crippen LogP contribution is -2.15. The van der Waals surface area contributed by atoms with E-state index in [1.54, 1.807) is 0 Å². The van der Waals surface area contributed by atoms with Crippen molar-refractivity contribution in [2.75, 3.05) is 5.32 Å². The third-order valence-electron chi connectivity index (χ3n) is 1.80. The molecule has 1 aromatic carbocycles. The highest BCUT2D eigenvalue weighted by molar-refractivity contribution is 8.00. The molecular formula is C11H10F3NO2S. The number of alkyl halides is 3. The van der Waals surface area contributed by atoms with Gasteiger partial charge in [0.25, 0.3) is 0 Å². The summed E-state index contributed by atoms with van der Waals surface area (Å²) in [5.74, 6) is -0.980. The smallest absolute Gasteiger partial charge is 0.325 e. The minimum absolute atomic E-state index is 0.0473. The number of hydrogen-bond acceptors (Lipinski definition) is 3. The van der Waals surface area contributed by atoms with Gasteiger partial charge in [0.05, 0.1) is 12.1 Å². The summed E-state index contributed by atoms with van der Waals surface area (Å²) in [6.45, 7) is 1.23. The summed E-state index contributed by atoms with van der Waals surface area (Å²) >= 11 is -0.311. The number of Topliss-reactive ketones (excluding diaryl/α,β-unsaturated/α-hetero) is 1. The maximum atomic E-state index is 12.3. The first-order chi connectivity index (χ1) is 8.28. The van der Waals surface area contributed by atoms with Crippen molar-refractivity contribution in [2.24, 2.45) is 0 Å². The molecule has 0 aliphatic heterocycles. The van der Waals surface area contributed by atoms with Crippen molar-refractivity contribution in [1.29, 1.82) is 0 Å². The predicted molar refractivity (Wildman–Crippen MR) is 62.3 cm³/mol. The van der Waals surface area contributed by atoms with Gasteiger partial charge in [-0.25, -0.2) is 0 Å². The van der Waals surface area contributed by atoms with Crippen LogP contribution in [-0.2, 0) is 9.59 Å². The van der Waals surface area contributed by atoms with E-state index in [0.29, 0.717) is 0 Å². The minimum Gasteiger partial charge on any atom is -0.325 e. The zero-order chi connectivity index (χ0) is 13.8. The summed E-state index contributed by atoms with van der Waals surface area (Å²) in [6, 6.07) is 5.55. The summed E-state index contributed by atoms with van der Waals surface area (Å²) < 4.78 is 36.8. The van der Waals surface area contributed by atoms with Crippen LogP contribution in [0.5, 0.6) is 0 Å². The molecule has 1 amide bonds. The normalized spacial score (nSPS) is 11.1. The van der Waals surface area contributed by atoms with Gasteiger partial charge in [-0.15, -0.1) is 0 Å². The first kappa shape index (κ1) is 14.6. The molecule has 0 aliphatic carbocycles. The summed E-state index contributed by atoms with van der Waals surface area (Å²) in [7, 11) is 0. The van der Waals surface area contributed by atoms with Crippen LogP contribution in [0.4, 0.5) is 18.9 Å². The molecule has 0 heterocycles. The zero-order valence-corrected chi connectivity index (χ0v) is 10.2. The number of para-hydroxylation sites is 1. The van der Waals surface area contributed by atoms with Gasteiger partial charge in [0.2, 0.25) is 5.91 Å². The molecule has 98 valence electrons. The Balaban J connectivity index is 2.82. The Bertz CT molecular complexity index is 460. The van der Waals surface area contributed by atoms with Gasteiger partial charge in [0.15, 0.2) is 0 Å². The van der Waals surface area contributed by atoms with Crippen LogP contribution in [0.2, 0.25) is 0 Å². The van der Waals surface area contributed by atoms with Crippen molar-refractivity contribution in [3.05, 3.63) is 24.3 Å². The van der Waals surface area contributed by atoms with Crippen LogP contribution in [0.1, 0.15) is 13.3 Å². The van der Waals surface area contributed by atoms with Crippen LogP contribution in [-0.4, -0.2) is 17.2 Å². The quantitative estimate of drug-likeness (QED) is 0.679. The number of rotatable bonds is 4. The van der Waals surface area contributed by atoms with Crippen LogP contribution in [0.3, 0.4) is 0 Å². The third kappa shape index (κ3) is 5.22. The number of thioether (sulfide) groups is 1. The number of halogens is 3. The van der Waals surface area contributed by atoms with E-state index in [9.17, 15) is 22.8 Å². The second-order valence-electron chi connectivity index (χ2n) is 3.47. The van der Waals surface area contributed by atoms with Gasteiger partial charge >= 0.3 is 5.51 Å². The van der Waals surface area contributed by atoms with E-state index in [2.05, 4.69) is 5.32 Å². The van der Waals surface area contributed by atoms with Crippen LogP contribution in [0.25, 0.3) is 0 Å². The number of amides is 1. The molecule has 1 rings (SSSR count). The Morgan fingerprint density at radius 1 is 1.28 bits per heavy atom. The molecule has 1 aromatic rings. The van der Waals surface area contributed by atoms with E-state index >= 15 is 0 Å². The first-order valence-electron chi connectivity index (χ1n) is 4.92. The Kier molecular flexibility index (Phi) is 4.77. The Labute approximate surface area is 106 Å². The standard InChI is InChI=1S/C11H10F3NO2S/c1-7(16)6-10(17)15-8-4-2-3-5-9(8)18-11(12,13)14/h2-5H,6H2,1H3,(H,15,17). The molecule has 1 N–H and O–H groups in total. The van der Waals surface area contributed by atoms with Gasteiger partial charge in [0.1, 0.15) is 5.78 Å². The summed E-state index contributed by atoms with van der Waals surface area (Å²) in [5.41, 5.74) is -4.38. The molecule has 0 spiro atoms. The predicted octanol–water partition coefficient (Wildman–Crippen LogP) is 3.22. The maximum Gasteiger partial charge on any atom is 0.446 e. The minimum atomic E-state index is -4.43. The van der Waals surface area contributed by atoms with E-state index in [4.69, 9.17) is 0 Å². The van der Waals surface area contributed by atoms with Crippen molar-refractivity contribution in [1.82, 2.24) is 0 Å². The molecule has 7 heteroatoms. The van der Waals surface area contributed by atoms with Crippen molar-refractivity contribution >= 4 is 29.1 Å². The zero-order valence-electron chi connectivity index (χ0n) is 9.38. The SMILES string of the molecule is CC(=O)CC(=O)Nc1ccccc1SC(F)(F)F. The molecule has 0 aromatic heterocycles. The largest absolute Gasteiger partial charge is 0.446 e. The highest BCUT2D eigenvalue weighted by Gasteiger charge is 2.30. The number of ketones is 1. The molecule has 0 aliphatic rings. The molecule has 18 heavy (non-hydrogen) atoms. The topological polar surface area (TPSA) is 46.2 Å². The number of benzene rings is 1. The molecule has 0 unspecified atom stereocenters. The van der Waals surface area contributed by atoms with E-state index in [-0.39, 0.29) is 34.5 Å². The fourth-order valence-corrected chi connectivity index (χ4v) is 1.83. The van der Waals surface area contributed by atoms with E-state index in [0.717, 1.165) is 0 Å². The summed E-state index contributed by atoms with van der Waals surface area (Å²) in [5, 5.41) is 2.28. The summed E-state index contributed by atoms with van der Waals surface area (Å²) in [4.78, 5) is 21.9. The highest BCUT2D eigenvalue weighted by atomic mass is 32.2. The van der Waals surface area contributed by atoms with Crippen LogP contribution < -0.4 is 5.32 Å². The monoisotopic (exact) mass is 277 g/mol. The van der Waals surface area contributed by atoms with Gasteiger partial charge in [-0.2, -0.15) is 13.2 Å². The third-order valence-corrected chi connectivity index (χ3v) is 2.60. The molecule has 0 saturated heterocycles. The van der Waals surface area contributed by atoms with Gasteiger partial charge in [-0.3, -0.25) is 9.59 Å². The summed E-state index contributed by atoms with van der Waals surface area (Å²) in [6.07, 6.45) is -0.356. The second kappa shape index (κ2) is 5.90. The van der Waals surface area contributed by atoms with E-state index < -0.39 is 11.4 Å². The van der Waals surface area contributed by atoms with Crippen LogP contribution in [0, 0.1) is 0 Å². The number of carbonyl (C=O) groups excluding carboxylic acids is 2. The van der Waals surface area contributed by atoms with Crippen molar-refractivity contribution in [2.45, 2.75) is 23.7 Å². The van der Waals surface area contributed by atoms with Crippen molar-refractivity contribution < 1.29 is 22.8 Å². The van der Waals surface area contributed by atoms with Crippen molar-refractivity contribution in [3.63, 3.8) is 0 Å². The molecule has 0 bridgehead atoms. The molecule has 0 radical (unpaired) electrons. The fraction of sp³-hybridized carbons (Fsp3) is 0.273. The molecular weight excluding hydrogens is 267 g/mol.